The molecule has 188 valence electrons. The van der Waals surface area contributed by atoms with Crippen molar-refractivity contribution in [1.82, 2.24) is 24.6 Å². The molecule has 1 aliphatic rings. The summed E-state index contributed by atoms with van der Waals surface area (Å²) in [6, 6.07) is 10.3. The first-order valence-electron chi connectivity index (χ1n) is 12.5. The average molecular weight is 507 g/mol. The Kier molecular flexibility index (Phi) is 7.00. The van der Waals surface area contributed by atoms with Gasteiger partial charge < -0.3 is 9.80 Å². The molecule has 0 N–H and O–H groups in total. The maximum Gasteiger partial charge on any atom is 0.227 e. The molecule has 5 rings (SSSR count). The van der Waals surface area contributed by atoms with Crippen LogP contribution in [-0.4, -0.2) is 56.7 Å². The summed E-state index contributed by atoms with van der Waals surface area (Å²) in [5, 5.41) is 7.68. The number of aromatic nitrogens is 4. The summed E-state index contributed by atoms with van der Waals surface area (Å²) in [4.78, 5) is 28.0. The lowest BCUT2D eigenvalue weighted by Gasteiger charge is -2.35. The van der Waals surface area contributed by atoms with E-state index in [-0.39, 0.29) is 11.7 Å². The van der Waals surface area contributed by atoms with Gasteiger partial charge in [-0.25, -0.2) is 19.0 Å². The van der Waals surface area contributed by atoms with Crippen LogP contribution in [0.3, 0.4) is 0 Å². The fourth-order valence-corrected chi connectivity index (χ4v) is 5.26. The monoisotopic (exact) mass is 506 g/mol. The van der Waals surface area contributed by atoms with Gasteiger partial charge in [-0.15, -0.1) is 11.3 Å². The number of hydrogen-bond donors (Lipinski definition) is 0. The number of hydrogen-bond acceptors (Lipinski definition) is 6. The lowest BCUT2D eigenvalue weighted by molar-refractivity contribution is -0.130. The number of piperazine rings is 1. The van der Waals surface area contributed by atoms with Crippen LogP contribution in [0.5, 0.6) is 0 Å². The van der Waals surface area contributed by atoms with E-state index in [9.17, 15) is 9.18 Å². The standard InChI is InChI=1S/C27H31FN6OS/c1-18(2)6-11-23-29-26(33-14-12-32(13-15-33)24(35)17-22-5-4-16-36-22)25-19(3)31-34(27(25)30-23)21-9-7-20(28)8-10-21/h4-5,7-10,16,18H,6,11-15,17H2,1-3H3. The fourth-order valence-electron chi connectivity index (χ4n) is 4.57. The number of amides is 1. The Balaban J connectivity index is 1.45. The van der Waals surface area contributed by atoms with E-state index in [1.165, 1.54) is 12.1 Å². The van der Waals surface area contributed by atoms with Gasteiger partial charge in [0.15, 0.2) is 5.65 Å². The Morgan fingerprint density at radius 2 is 1.83 bits per heavy atom. The highest BCUT2D eigenvalue weighted by Gasteiger charge is 2.26. The molecule has 0 atom stereocenters. The molecule has 0 unspecified atom stereocenters. The molecule has 9 heteroatoms. The van der Waals surface area contributed by atoms with Crippen molar-refractivity contribution in [2.75, 3.05) is 31.1 Å². The topological polar surface area (TPSA) is 67.2 Å². The molecule has 1 saturated heterocycles. The van der Waals surface area contributed by atoms with Gasteiger partial charge in [0.05, 0.1) is 23.2 Å². The minimum absolute atomic E-state index is 0.169. The van der Waals surface area contributed by atoms with Crippen molar-refractivity contribution in [1.29, 1.82) is 0 Å². The number of nitrogens with zero attached hydrogens (tertiary/aromatic N) is 6. The molecule has 36 heavy (non-hydrogen) atoms. The van der Waals surface area contributed by atoms with E-state index in [0.29, 0.717) is 38.5 Å². The Labute approximate surface area is 214 Å². The molecule has 0 radical (unpaired) electrons. The molecule has 1 amide bonds. The van der Waals surface area contributed by atoms with Crippen molar-refractivity contribution < 1.29 is 9.18 Å². The van der Waals surface area contributed by atoms with Crippen LogP contribution < -0.4 is 4.90 Å². The third kappa shape index (κ3) is 5.11. The normalized spacial score (nSPS) is 14.2. The molecule has 1 aromatic carbocycles. The van der Waals surface area contributed by atoms with Gasteiger partial charge in [-0.05, 0) is 55.0 Å². The van der Waals surface area contributed by atoms with E-state index >= 15 is 0 Å². The summed E-state index contributed by atoms with van der Waals surface area (Å²) >= 11 is 1.62. The van der Waals surface area contributed by atoms with Crippen LogP contribution >= 0.6 is 11.3 Å². The lowest BCUT2D eigenvalue weighted by Crippen LogP contribution is -2.49. The smallest absolute Gasteiger partial charge is 0.227 e. The first-order chi connectivity index (χ1) is 17.4. The van der Waals surface area contributed by atoms with Crippen LogP contribution in [0.1, 0.15) is 36.7 Å². The summed E-state index contributed by atoms with van der Waals surface area (Å²) in [5.41, 5.74) is 2.33. The number of benzene rings is 1. The van der Waals surface area contributed by atoms with E-state index in [1.807, 2.05) is 29.3 Å². The lowest BCUT2D eigenvalue weighted by atomic mass is 10.1. The van der Waals surface area contributed by atoms with Gasteiger partial charge in [0.2, 0.25) is 5.91 Å². The second kappa shape index (κ2) is 10.3. The number of fused-ring (bicyclic) bond motifs is 1. The fraction of sp³-hybridized carbons (Fsp3) is 0.407. The van der Waals surface area contributed by atoms with Gasteiger partial charge in [0.1, 0.15) is 17.5 Å². The number of carbonyl (C=O) groups excluding carboxylic acids is 1. The van der Waals surface area contributed by atoms with Crippen molar-refractivity contribution in [2.45, 2.75) is 40.0 Å². The zero-order valence-electron chi connectivity index (χ0n) is 20.9. The maximum atomic E-state index is 13.6. The predicted molar refractivity (Wildman–Crippen MR) is 141 cm³/mol. The highest BCUT2D eigenvalue weighted by atomic mass is 32.1. The van der Waals surface area contributed by atoms with Crippen LogP contribution in [0, 0.1) is 18.7 Å². The molecule has 0 spiro atoms. The molecule has 3 aromatic heterocycles. The van der Waals surface area contributed by atoms with Crippen molar-refractivity contribution in [3.8, 4) is 5.69 Å². The number of rotatable bonds is 7. The highest BCUT2D eigenvalue weighted by molar-refractivity contribution is 7.10. The molecule has 0 saturated carbocycles. The van der Waals surface area contributed by atoms with E-state index in [4.69, 9.17) is 15.1 Å². The summed E-state index contributed by atoms with van der Waals surface area (Å²) in [6.45, 7) is 9.06. The molecule has 0 aliphatic carbocycles. The average Bonchev–Trinajstić information content (AvgIpc) is 3.50. The zero-order chi connectivity index (χ0) is 25.2. The number of anilines is 1. The second-order valence-electron chi connectivity index (χ2n) is 9.69. The molecule has 7 nitrogen and oxygen atoms in total. The third-order valence-electron chi connectivity index (χ3n) is 6.58. The van der Waals surface area contributed by atoms with Gasteiger partial charge in [0.25, 0.3) is 0 Å². The van der Waals surface area contributed by atoms with Gasteiger partial charge in [-0.2, -0.15) is 5.10 Å². The summed E-state index contributed by atoms with van der Waals surface area (Å²) in [7, 11) is 0. The van der Waals surface area contributed by atoms with Gasteiger partial charge in [-0.3, -0.25) is 4.79 Å². The van der Waals surface area contributed by atoms with Crippen LogP contribution in [0.4, 0.5) is 10.2 Å². The van der Waals surface area contributed by atoms with E-state index in [0.717, 1.165) is 51.8 Å². The van der Waals surface area contributed by atoms with Gasteiger partial charge >= 0.3 is 0 Å². The number of aryl methyl sites for hydroxylation is 2. The van der Waals surface area contributed by atoms with Crippen LogP contribution in [0.2, 0.25) is 0 Å². The highest BCUT2D eigenvalue weighted by Crippen LogP contribution is 2.30. The largest absolute Gasteiger partial charge is 0.352 e. The molecular weight excluding hydrogens is 475 g/mol. The first kappa shape index (κ1) is 24.4. The van der Waals surface area contributed by atoms with Gasteiger partial charge in [-0.1, -0.05) is 19.9 Å². The summed E-state index contributed by atoms with van der Waals surface area (Å²) in [5.74, 6) is 2.07. The predicted octanol–water partition coefficient (Wildman–Crippen LogP) is 4.80. The van der Waals surface area contributed by atoms with Crippen molar-refractivity contribution in [3.63, 3.8) is 0 Å². The molecule has 0 bridgehead atoms. The van der Waals surface area contributed by atoms with E-state index in [1.54, 1.807) is 28.2 Å². The minimum Gasteiger partial charge on any atom is -0.352 e. The maximum absolute atomic E-state index is 13.6. The third-order valence-corrected chi connectivity index (χ3v) is 7.46. The van der Waals surface area contributed by atoms with Crippen LogP contribution in [0.25, 0.3) is 16.7 Å². The zero-order valence-corrected chi connectivity index (χ0v) is 21.8. The SMILES string of the molecule is Cc1nn(-c2ccc(F)cc2)c2nc(CCC(C)C)nc(N3CCN(C(=O)Cc4cccs4)CC3)c12. The van der Waals surface area contributed by atoms with E-state index < -0.39 is 0 Å². The van der Waals surface area contributed by atoms with Gasteiger partial charge in [0, 0.05) is 37.5 Å². The van der Waals surface area contributed by atoms with Crippen molar-refractivity contribution in [2.24, 2.45) is 5.92 Å². The Hall–Kier alpha value is -3.33. The van der Waals surface area contributed by atoms with Crippen LogP contribution in [-0.2, 0) is 17.6 Å². The summed E-state index contributed by atoms with van der Waals surface area (Å²) in [6.07, 6.45) is 2.21. The van der Waals surface area contributed by atoms with Crippen LogP contribution in [0.15, 0.2) is 41.8 Å². The molecule has 4 heterocycles. The minimum atomic E-state index is -0.286. The number of thiophene rings is 1. The molecule has 4 aromatic rings. The van der Waals surface area contributed by atoms with Crippen molar-refractivity contribution >= 4 is 34.1 Å². The van der Waals surface area contributed by atoms with E-state index in [2.05, 4.69) is 18.7 Å². The molecule has 1 fully saturated rings. The Bertz CT molecular complexity index is 1340. The Morgan fingerprint density at radius 1 is 1.08 bits per heavy atom. The number of halogens is 1. The number of carbonyl (C=O) groups is 1. The molecule has 1 aliphatic heterocycles. The van der Waals surface area contributed by atoms with Crippen molar-refractivity contribution in [3.05, 3.63) is 64.0 Å². The quantitative estimate of drug-likeness (QED) is 0.360. The molecular formula is C27H31FN6OS. The summed E-state index contributed by atoms with van der Waals surface area (Å²) < 4.78 is 15.4. The first-order valence-corrected chi connectivity index (χ1v) is 13.3. The Morgan fingerprint density at radius 3 is 2.50 bits per heavy atom. The second-order valence-corrected chi connectivity index (χ2v) is 10.7.